The average molecular weight is 461 g/mol. The van der Waals surface area contributed by atoms with Gasteiger partial charge in [0, 0.05) is 17.4 Å². The van der Waals surface area contributed by atoms with E-state index in [1.807, 2.05) is 36.4 Å². The maximum absolute atomic E-state index is 14.8. The molecule has 0 saturated carbocycles. The van der Waals surface area contributed by atoms with Gasteiger partial charge in [-0.05, 0) is 58.4 Å². The normalized spacial score (nSPS) is 18.1. The summed E-state index contributed by atoms with van der Waals surface area (Å²) in [7, 11) is 0. The third-order valence-electron chi connectivity index (χ3n) is 6.69. The molecule has 3 unspecified atom stereocenters. The van der Waals surface area contributed by atoms with E-state index in [-0.39, 0.29) is 30.4 Å². The number of alkyl halides is 2. The zero-order valence-electron chi connectivity index (χ0n) is 18.4. The smallest absolute Gasteiger partial charge is 0.134 e. The molecular weight excluding hydrogens is 439 g/mol. The van der Waals surface area contributed by atoms with Crippen LogP contribution in [-0.4, -0.2) is 21.5 Å². The second kappa shape index (κ2) is 8.62. The maximum Gasteiger partial charge on any atom is 0.134 e. The summed E-state index contributed by atoms with van der Waals surface area (Å²) in [6, 6.07) is 13.5. The van der Waals surface area contributed by atoms with E-state index < -0.39 is 24.3 Å². The first-order chi connectivity index (χ1) is 16.4. The predicted molar refractivity (Wildman–Crippen MR) is 123 cm³/mol. The molecule has 34 heavy (non-hydrogen) atoms. The number of hydrogen-bond acceptors (Lipinski definition) is 3. The van der Waals surface area contributed by atoms with Crippen LogP contribution in [0.3, 0.4) is 0 Å². The monoisotopic (exact) mass is 461 g/mol. The number of aromatic nitrogens is 2. The summed E-state index contributed by atoms with van der Waals surface area (Å²) < 4.78 is 43.6. The van der Waals surface area contributed by atoms with Crippen LogP contribution in [0.4, 0.5) is 13.2 Å². The number of aromatic amines is 1. The second-order valence-corrected chi connectivity index (χ2v) is 8.65. The quantitative estimate of drug-likeness (QED) is 0.373. The van der Waals surface area contributed by atoms with Gasteiger partial charge in [-0.25, -0.2) is 13.2 Å². The van der Waals surface area contributed by atoms with Gasteiger partial charge in [-0.1, -0.05) is 37.3 Å². The Labute approximate surface area is 194 Å². The SMILES string of the molecule is CCC(F)c1cc(F)cc(C#N)c1Cc1ccc(-c2cccc3cn[nH]c23)c2c1CC(F)C2O. The van der Waals surface area contributed by atoms with E-state index in [0.717, 1.165) is 28.6 Å². The summed E-state index contributed by atoms with van der Waals surface area (Å²) in [6.07, 6.45) is -2.25. The summed E-state index contributed by atoms with van der Waals surface area (Å²) >= 11 is 0. The van der Waals surface area contributed by atoms with Gasteiger partial charge in [-0.2, -0.15) is 10.4 Å². The van der Waals surface area contributed by atoms with Crippen molar-refractivity contribution in [3.63, 3.8) is 0 Å². The fraction of sp³-hybridized carbons (Fsp3) is 0.259. The molecule has 172 valence electrons. The maximum atomic E-state index is 14.8. The molecule has 3 atom stereocenters. The lowest BCUT2D eigenvalue weighted by atomic mass is 9.87. The highest BCUT2D eigenvalue weighted by atomic mass is 19.1. The number of aliphatic hydroxyl groups excluding tert-OH is 1. The minimum absolute atomic E-state index is 0.00384. The van der Waals surface area contributed by atoms with Crippen LogP contribution in [-0.2, 0) is 12.8 Å². The zero-order valence-corrected chi connectivity index (χ0v) is 18.4. The van der Waals surface area contributed by atoms with Crippen molar-refractivity contribution in [1.82, 2.24) is 10.2 Å². The lowest BCUT2D eigenvalue weighted by molar-refractivity contribution is 0.0929. The molecule has 0 spiro atoms. The third kappa shape index (κ3) is 3.55. The first-order valence-corrected chi connectivity index (χ1v) is 11.2. The largest absolute Gasteiger partial charge is 0.385 e. The number of H-pyrrole nitrogens is 1. The molecular formula is C27H22F3N3O. The Bertz CT molecular complexity index is 1440. The van der Waals surface area contributed by atoms with Crippen molar-refractivity contribution in [2.75, 3.05) is 0 Å². The molecule has 2 N–H and O–H groups in total. The number of aliphatic hydroxyl groups is 1. The first-order valence-electron chi connectivity index (χ1n) is 11.2. The Balaban J connectivity index is 1.68. The van der Waals surface area contributed by atoms with Crippen molar-refractivity contribution in [1.29, 1.82) is 5.26 Å². The van der Waals surface area contributed by atoms with Crippen molar-refractivity contribution in [2.45, 2.75) is 44.6 Å². The molecule has 1 aliphatic rings. The van der Waals surface area contributed by atoms with Crippen LogP contribution in [0.1, 0.15) is 59.0 Å². The summed E-state index contributed by atoms with van der Waals surface area (Å²) in [4.78, 5) is 0. The predicted octanol–water partition coefficient (Wildman–Crippen LogP) is 6.18. The van der Waals surface area contributed by atoms with Gasteiger partial charge in [0.05, 0.1) is 23.3 Å². The van der Waals surface area contributed by atoms with E-state index in [2.05, 4.69) is 10.2 Å². The zero-order chi connectivity index (χ0) is 24.0. The summed E-state index contributed by atoms with van der Waals surface area (Å²) in [5, 5.41) is 28.3. The fourth-order valence-electron chi connectivity index (χ4n) is 5.01. The summed E-state index contributed by atoms with van der Waals surface area (Å²) in [6.45, 7) is 1.65. The van der Waals surface area contributed by atoms with E-state index in [4.69, 9.17) is 0 Å². The van der Waals surface area contributed by atoms with Crippen LogP contribution in [0.25, 0.3) is 22.0 Å². The molecule has 1 aliphatic carbocycles. The topological polar surface area (TPSA) is 72.7 Å². The number of para-hydroxylation sites is 1. The number of benzene rings is 3. The molecule has 0 bridgehead atoms. The lowest BCUT2D eigenvalue weighted by Crippen LogP contribution is -2.07. The van der Waals surface area contributed by atoms with Crippen LogP contribution < -0.4 is 0 Å². The fourth-order valence-corrected chi connectivity index (χ4v) is 5.01. The summed E-state index contributed by atoms with van der Waals surface area (Å²) in [5.41, 5.74) is 4.65. The van der Waals surface area contributed by atoms with Crippen LogP contribution in [0.15, 0.2) is 48.7 Å². The van der Waals surface area contributed by atoms with Crippen molar-refractivity contribution in [2.24, 2.45) is 0 Å². The van der Waals surface area contributed by atoms with Gasteiger partial charge in [-0.3, -0.25) is 5.10 Å². The third-order valence-corrected chi connectivity index (χ3v) is 6.69. The van der Waals surface area contributed by atoms with E-state index in [1.54, 1.807) is 13.1 Å². The highest BCUT2D eigenvalue weighted by Gasteiger charge is 2.35. The summed E-state index contributed by atoms with van der Waals surface area (Å²) in [5.74, 6) is -0.668. The Hall–Kier alpha value is -3.63. The molecule has 0 amide bonds. The van der Waals surface area contributed by atoms with Crippen molar-refractivity contribution in [3.8, 4) is 17.2 Å². The number of fused-ring (bicyclic) bond motifs is 2. The van der Waals surface area contributed by atoms with Crippen LogP contribution in [0.2, 0.25) is 0 Å². The minimum Gasteiger partial charge on any atom is -0.385 e. The molecule has 0 radical (unpaired) electrons. The minimum atomic E-state index is -1.48. The Kier molecular flexibility index (Phi) is 5.62. The number of nitrogens with zero attached hydrogens (tertiary/aromatic N) is 2. The number of nitrogens with one attached hydrogen (secondary N) is 1. The standard InChI is InChI=1S/C27H22F3N3O/c1-2-23(29)22-10-17(28)8-16(12-31)20(22)9-14-6-7-18(25-21(14)11-24(30)27(25)34)19-5-3-4-15-13-32-33-26(15)19/h3-8,10,13,23-24,27,34H,2,9,11H2,1H3,(H,32,33). The lowest BCUT2D eigenvalue weighted by Gasteiger charge is -2.19. The molecule has 0 saturated heterocycles. The number of halogens is 3. The first kappa shape index (κ1) is 22.2. The Morgan fingerprint density at radius 1 is 1.24 bits per heavy atom. The van der Waals surface area contributed by atoms with E-state index in [9.17, 15) is 23.5 Å². The molecule has 0 aliphatic heterocycles. The van der Waals surface area contributed by atoms with Crippen molar-refractivity contribution >= 4 is 10.9 Å². The van der Waals surface area contributed by atoms with Gasteiger partial charge < -0.3 is 5.11 Å². The van der Waals surface area contributed by atoms with Crippen LogP contribution >= 0.6 is 0 Å². The van der Waals surface area contributed by atoms with Gasteiger partial charge >= 0.3 is 0 Å². The van der Waals surface area contributed by atoms with Gasteiger partial charge in [0.15, 0.2) is 0 Å². The second-order valence-electron chi connectivity index (χ2n) is 8.65. The number of hydrogen-bond donors (Lipinski definition) is 2. The molecule has 3 aromatic carbocycles. The molecule has 4 aromatic rings. The molecule has 0 fully saturated rings. The van der Waals surface area contributed by atoms with Crippen molar-refractivity contribution in [3.05, 3.63) is 87.9 Å². The van der Waals surface area contributed by atoms with Gasteiger partial charge in [-0.15, -0.1) is 0 Å². The van der Waals surface area contributed by atoms with Crippen LogP contribution in [0.5, 0.6) is 0 Å². The van der Waals surface area contributed by atoms with E-state index in [1.165, 1.54) is 0 Å². The highest BCUT2D eigenvalue weighted by Crippen LogP contribution is 2.44. The Morgan fingerprint density at radius 2 is 2.06 bits per heavy atom. The number of nitriles is 1. The molecule has 1 aromatic heterocycles. The molecule has 4 nitrogen and oxygen atoms in total. The van der Waals surface area contributed by atoms with Gasteiger partial charge in [0.1, 0.15) is 24.3 Å². The number of rotatable bonds is 5. The van der Waals surface area contributed by atoms with E-state index >= 15 is 0 Å². The Morgan fingerprint density at radius 3 is 2.82 bits per heavy atom. The molecule has 7 heteroatoms. The van der Waals surface area contributed by atoms with Crippen LogP contribution in [0, 0.1) is 17.1 Å². The highest BCUT2D eigenvalue weighted by molar-refractivity contribution is 5.94. The van der Waals surface area contributed by atoms with Gasteiger partial charge in [0.2, 0.25) is 0 Å². The molecule has 1 heterocycles. The van der Waals surface area contributed by atoms with Gasteiger partial charge in [0.25, 0.3) is 0 Å². The molecule has 5 rings (SSSR count). The average Bonchev–Trinajstić information content (AvgIpc) is 3.44. The van der Waals surface area contributed by atoms with Crippen molar-refractivity contribution < 1.29 is 18.3 Å². The van der Waals surface area contributed by atoms with E-state index in [0.29, 0.717) is 27.8 Å².